The number of amides is 1. The van der Waals surface area contributed by atoms with Crippen molar-refractivity contribution in [1.29, 1.82) is 0 Å². The number of carboxylic acids is 1. The second kappa shape index (κ2) is 9.52. The van der Waals surface area contributed by atoms with Gasteiger partial charge in [0.2, 0.25) is 18.0 Å². The molecule has 0 saturated carbocycles. The monoisotopic (exact) mass is 457 g/mol. The lowest BCUT2D eigenvalue weighted by Crippen LogP contribution is -2.62. The van der Waals surface area contributed by atoms with Crippen molar-refractivity contribution in [2.45, 2.75) is 56.9 Å². The molecule has 2 aliphatic rings. The fourth-order valence-electron chi connectivity index (χ4n) is 3.11. The summed E-state index contributed by atoms with van der Waals surface area (Å²) < 4.78 is 50.7. The van der Waals surface area contributed by atoms with E-state index in [1.807, 2.05) is 0 Å². The van der Waals surface area contributed by atoms with Crippen molar-refractivity contribution in [3.8, 4) is 0 Å². The molecule has 1 fully saturated rings. The molecule has 1 saturated heterocycles. The highest BCUT2D eigenvalue weighted by Gasteiger charge is 2.48. The minimum absolute atomic E-state index is 0.527. The molecule has 1 amide bonds. The number of hydrogen-bond donors (Lipinski definition) is 6. The minimum Gasteiger partial charge on any atom is -0.475 e. The number of carbonyl (C=O) groups is 2. The molecule has 15 heteroatoms. The Hall–Kier alpha value is -1.85. The first-order chi connectivity index (χ1) is 13.8. The van der Waals surface area contributed by atoms with E-state index in [0.29, 0.717) is 0 Å². The number of ether oxygens (including phenoxy) is 3. The number of rotatable bonds is 7. The summed E-state index contributed by atoms with van der Waals surface area (Å²) in [5, 5.41) is 41.6. The third-order valence-corrected chi connectivity index (χ3v) is 4.95. The second-order valence-corrected chi connectivity index (χ2v) is 7.86. The predicted molar refractivity (Wildman–Crippen MR) is 92.6 cm³/mol. The van der Waals surface area contributed by atoms with Crippen LogP contribution >= 0.6 is 0 Å². The zero-order valence-electron chi connectivity index (χ0n) is 15.8. The SMILES string of the molecule is CC(=O)NC1C(O)OC(COS(=O)(=O)O)[C@@H](O[C@@H]2OC(C(=O)O)=C[C@H](O)C2O)[C@@H]1C. The molecule has 8 atom stereocenters. The maximum Gasteiger partial charge on any atom is 0.397 e. The van der Waals surface area contributed by atoms with Gasteiger partial charge in [-0.15, -0.1) is 0 Å². The summed E-state index contributed by atoms with van der Waals surface area (Å²) in [5.41, 5.74) is 0. The van der Waals surface area contributed by atoms with Crippen LogP contribution in [0.4, 0.5) is 0 Å². The Bertz CT molecular complexity index is 783. The third-order valence-electron chi connectivity index (χ3n) is 4.52. The normalized spacial score (nSPS) is 37.1. The van der Waals surface area contributed by atoms with Gasteiger partial charge in [0.1, 0.15) is 18.3 Å². The van der Waals surface area contributed by atoms with E-state index >= 15 is 0 Å². The molecule has 0 aliphatic carbocycles. The summed E-state index contributed by atoms with van der Waals surface area (Å²) in [6, 6.07) is -1.05. The van der Waals surface area contributed by atoms with Gasteiger partial charge in [-0.05, 0) is 6.08 Å². The van der Waals surface area contributed by atoms with Crippen molar-refractivity contribution in [1.82, 2.24) is 5.32 Å². The summed E-state index contributed by atoms with van der Waals surface area (Å²) in [6.45, 7) is 1.83. The molecular weight excluding hydrogens is 434 g/mol. The predicted octanol–water partition coefficient (Wildman–Crippen LogP) is -2.90. The van der Waals surface area contributed by atoms with Crippen molar-refractivity contribution in [3.63, 3.8) is 0 Å². The van der Waals surface area contributed by atoms with Crippen LogP contribution in [0.15, 0.2) is 11.8 Å². The van der Waals surface area contributed by atoms with Crippen molar-refractivity contribution in [2.24, 2.45) is 5.92 Å². The lowest BCUT2D eigenvalue weighted by atomic mass is 9.88. The van der Waals surface area contributed by atoms with E-state index in [4.69, 9.17) is 23.9 Å². The molecule has 2 rings (SSSR count). The number of carbonyl (C=O) groups excluding carboxylic acids is 1. The topological polar surface area (TPSA) is 218 Å². The van der Waals surface area contributed by atoms with Gasteiger partial charge in [0.15, 0.2) is 6.29 Å². The molecule has 2 aliphatic heterocycles. The highest BCUT2D eigenvalue weighted by atomic mass is 32.3. The number of aliphatic hydroxyl groups excluding tert-OH is 3. The number of aliphatic hydroxyl groups is 3. The van der Waals surface area contributed by atoms with Gasteiger partial charge < -0.3 is 40.0 Å². The van der Waals surface area contributed by atoms with Crippen LogP contribution in [0.25, 0.3) is 0 Å². The molecule has 0 spiro atoms. The first-order valence-electron chi connectivity index (χ1n) is 8.66. The van der Waals surface area contributed by atoms with Crippen LogP contribution < -0.4 is 5.32 Å². The Morgan fingerprint density at radius 2 is 1.90 bits per heavy atom. The van der Waals surface area contributed by atoms with Crippen LogP contribution in [0.5, 0.6) is 0 Å². The van der Waals surface area contributed by atoms with Gasteiger partial charge in [0.25, 0.3) is 0 Å². The molecule has 4 unspecified atom stereocenters. The smallest absolute Gasteiger partial charge is 0.397 e. The van der Waals surface area contributed by atoms with Gasteiger partial charge in [-0.2, -0.15) is 8.42 Å². The van der Waals surface area contributed by atoms with E-state index < -0.39 is 83.6 Å². The molecule has 0 bridgehead atoms. The van der Waals surface area contributed by atoms with E-state index in [0.717, 1.165) is 6.08 Å². The molecule has 0 radical (unpaired) electrons. The van der Waals surface area contributed by atoms with Gasteiger partial charge in [0, 0.05) is 12.8 Å². The van der Waals surface area contributed by atoms with Crippen LogP contribution in [0.1, 0.15) is 13.8 Å². The van der Waals surface area contributed by atoms with Gasteiger partial charge in [-0.25, -0.2) is 8.98 Å². The highest BCUT2D eigenvalue weighted by Crippen LogP contribution is 2.31. The van der Waals surface area contributed by atoms with Crippen LogP contribution in [-0.4, -0.2) is 94.9 Å². The zero-order valence-corrected chi connectivity index (χ0v) is 16.6. The minimum atomic E-state index is -4.88. The van der Waals surface area contributed by atoms with Crippen molar-refractivity contribution in [3.05, 3.63) is 11.8 Å². The van der Waals surface area contributed by atoms with Crippen molar-refractivity contribution >= 4 is 22.3 Å². The maximum absolute atomic E-state index is 11.4. The molecule has 30 heavy (non-hydrogen) atoms. The molecule has 172 valence electrons. The third kappa shape index (κ3) is 6.08. The number of carboxylic acid groups (broad SMARTS) is 1. The van der Waals surface area contributed by atoms with Gasteiger partial charge >= 0.3 is 16.4 Å². The number of nitrogens with one attached hydrogen (secondary N) is 1. The standard InChI is InChI=1S/C15H23NO13S/c1-5-10(16-6(2)17)14(22)27-9(4-26-30(23,24)25)12(5)29-15-11(19)7(18)3-8(28-15)13(20)21/h3,5,7,9-12,14-15,18-19,22H,4H2,1-2H3,(H,16,17)(H,20,21)(H,23,24,25)/t5-,7+,9?,10?,11?,12+,14?,15+/m1/s1. The van der Waals surface area contributed by atoms with E-state index in [1.54, 1.807) is 0 Å². The average Bonchev–Trinajstić information content (AvgIpc) is 2.61. The van der Waals surface area contributed by atoms with E-state index in [-0.39, 0.29) is 0 Å². The molecule has 14 nitrogen and oxygen atoms in total. The molecule has 0 aromatic carbocycles. The summed E-state index contributed by atoms with van der Waals surface area (Å²) in [5.74, 6) is -3.59. The summed E-state index contributed by atoms with van der Waals surface area (Å²) in [7, 11) is -4.88. The van der Waals surface area contributed by atoms with Crippen LogP contribution in [-0.2, 0) is 38.4 Å². The zero-order chi connectivity index (χ0) is 22.8. The molecule has 0 aromatic rings. The quantitative estimate of drug-likeness (QED) is 0.212. The Labute approximate surface area is 170 Å². The van der Waals surface area contributed by atoms with Crippen molar-refractivity contribution in [2.75, 3.05) is 6.61 Å². The van der Waals surface area contributed by atoms with Gasteiger partial charge in [-0.3, -0.25) is 9.35 Å². The largest absolute Gasteiger partial charge is 0.475 e. The Morgan fingerprint density at radius 3 is 2.43 bits per heavy atom. The maximum atomic E-state index is 11.4. The first kappa shape index (κ1) is 24.4. The van der Waals surface area contributed by atoms with E-state index in [1.165, 1.54) is 13.8 Å². The summed E-state index contributed by atoms with van der Waals surface area (Å²) >= 11 is 0. The molecule has 2 heterocycles. The summed E-state index contributed by atoms with van der Waals surface area (Å²) in [4.78, 5) is 22.6. The Balaban J connectivity index is 2.27. The van der Waals surface area contributed by atoms with Crippen LogP contribution in [0.2, 0.25) is 0 Å². The van der Waals surface area contributed by atoms with E-state index in [9.17, 15) is 33.3 Å². The lowest BCUT2D eigenvalue weighted by molar-refractivity contribution is -0.295. The average molecular weight is 457 g/mol. The second-order valence-electron chi connectivity index (χ2n) is 6.77. The molecule has 6 N–H and O–H groups in total. The van der Waals surface area contributed by atoms with Gasteiger partial charge in [0.05, 0.1) is 18.8 Å². The fraction of sp³-hybridized carbons (Fsp3) is 0.733. The van der Waals surface area contributed by atoms with Crippen LogP contribution in [0.3, 0.4) is 0 Å². The van der Waals surface area contributed by atoms with Crippen LogP contribution in [0, 0.1) is 5.92 Å². The Kier molecular flexibility index (Phi) is 7.75. The fourth-order valence-corrected chi connectivity index (χ4v) is 3.42. The summed E-state index contributed by atoms with van der Waals surface area (Å²) in [6.07, 6.45) is -8.59. The number of aliphatic carboxylic acids is 1. The molecular formula is C15H23NO13S. The lowest BCUT2D eigenvalue weighted by Gasteiger charge is -2.45. The number of hydrogen-bond acceptors (Lipinski definition) is 11. The highest BCUT2D eigenvalue weighted by molar-refractivity contribution is 7.80. The first-order valence-corrected chi connectivity index (χ1v) is 10.0. The molecule has 0 aromatic heterocycles. The van der Waals surface area contributed by atoms with Crippen molar-refractivity contribution < 1.29 is 61.4 Å². The Morgan fingerprint density at radius 1 is 1.27 bits per heavy atom. The van der Waals surface area contributed by atoms with E-state index in [2.05, 4.69) is 9.50 Å². The van der Waals surface area contributed by atoms with Gasteiger partial charge in [-0.1, -0.05) is 6.92 Å².